The van der Waals surface area contributed by atoms with Gasteiger partial charge in [0.15, 0.2) is 0 Å². The summed E-state index contributed by atoms with van der Waals surface area (Å²) >= 11 is 0. The van der Waals surface area contributed by atoms with E-state index in [4.69, 9.17) is 4.74 Å². The van der Waals surface area contributed by atoms with Crippen molar-refractivity contribution in [3.8, 4) is 5.75 Å². The fourth-order valence-electron chi connectivity index (χ4n) is 2.96. The number of hydrogen-bond acceptors (Lipinski definition) is 3. The summed E-state index contributed by atoms with van der Waals surface area (Å²) in [5, 5.41) is 6.23. The Morgan fingerprint density at radius 3 is 2.81 bits per heavy atom. The molecule has 1 atom stereocenters. The van der Waals surface area contributed by atoms with Crippen LogP contribution < -0.4 is 15.4 Å². The Morgan fingerprint density at radius 1 is 1.27 bits per heavy atom. The number of hydrogen-bond donors (Lipinski definition) is 2. The Hall–Kier alpha value is -2.11. The number of carbonyl (C=O) groups excluding carboxylic acids is 1. The quantitative estimate of drug-likeness (QED) is 0.819. The van der Waals surface area contributed by atoms with E-state index >= 15 is 0 Å². The first-order valence-corrected chi connectivity index (χ1v) is 8.64. The summed E-state index contributed by atoms with van der Waals surface area (Å²) in [6, 6.07) is 11.8. The monoisotopic (exact) mass is 378 g/mol. The lowest BCUT2D eigenvalue weighted by molar-refractivity contribution is -0.118. The molecule has 3 rings (SSSR count). The van der Waals surface area contributed by atoms with Gasteiger partial charge in [0.1, 0.15) is 18.2 Å². The van der Waals surface area contributed by atoms with Crippen LogP contribution in [0.4, 0.5) is 10.1 Å². The van der Waals surface area contributed by atoms with Crippen LogP contribution in [0, 0.1) is 12.7 Å². The van der Waals surface area contributed by atoms with E-state index in [1.807, 2.05) is 31.2 Å². The van der Waals surface area contributed by atoms with Crippen LogP contribution in [0.3, 0.4) is 0 Å². The van der Waals surface area contributed by atoms with Crippen molar-refractivity contribution in [3.05, 3.63) is 59.4 Å². The maximum atomic E-state index is 13.2. The highest BCUT2D eigenvalue weighted by Gasteiger charge is 2.20. The number of ether oxygens (including phenoxy) is 1. The van der Waals surface area contributed by atoms with Crippen molar-refractivity contribution in [2.45, 2.75) is 38.8 Å². The summed E-state index contributed by atoms with van der Waals surface area (Å²) in [7, 11) is 0. The minimum Gasteiger partial charge on any atom is -0.489 e. The Balaban J connectivity index is 0.00000243. The minimum atomic E-state index is -0.272. The van der Waals surface area contributed by atoms with Crippen LogP contribution in [-0.2, 0) is 11.4 Å². The van der Waals surface area contributed by atoms with E-state index in [1.165, 1.54) is 12.1 Å². The molecule has 1 aliphatic heterocycles. The van der Waals surface area contributed by atoms with Crippen LogP contribution in [0.15, 0.2) is 42.5 Å². The average molecular weight is 379 g/mol. The Morgan fingerprint density at radius 2 is 2.12 bits per heavy atom. The van der Waals surface area contributed by atoms with Crippen LogP contribution in [0.25, 0.3) is 0 Å². The molecule has 0 aliphatic carbocycles. The maximum absolute atomic E-state index is 13.2. The minimum absolute atomic E-state index is 0. The predicted octanol–water partition coefficient (Wildman–Crippen LogP) is 4.22. The lowest BCUT2D eigenvalue weighted by atomic mass is 10.0. The molecule has 0 aromatic heterocycles. The molecule has 26 heavy (non-hydrogen) atoms. The normalized spacial score (nSPS) is 16.5. The SMILES string of the molecule is Cc1cc(OCc2cccc(F)c2)ccc1NC(=O)C1CCCCN1.Cl. The third kappa shape index (κ3) is 5.44. The molecule has 0 bridgehead atoms. The standard InChI is InChI=1S/C20H23FN2O2.ClH/c1-14-11-17(25-13-15-5-4-6-16(21)12-15)8-9-18(14)23-20(24)19-7-2-3-10-22-19;/h4-6,8-9,11-12,19,22H,2-3,7,10,13H2,1H3,(H,23,24);1H. The van der Waals surface area contributed by atoms with Crippen molar-refractivity contribution >= 4 is 24.0 Å². The van der Waals surface area contributed by atoms with Gasteiger partial charge in [-0.1, -0.05) is 18.6 Å². The van der Waals surface area contributed by atoms with Crippen molar-refractivity contribution < 1.29 is 13.9 Å². The summed E-state index contributed by atoms with van der Waals surface area (Å²) in [5.41, 5.74) is 2.50. The zero-order chi connectivity index (χ0) is 17.6. The van der Waals surface area contributed by atoms with Crippen molar-refractivity contribution in [1.82, 2.24) is 5.32 Å². The van der Waals surface area contributed by atoms with Gasteiger partial charge in [-0.05, 0) is 67.8 Å². The highest BCUT2D eigenvalue weighted by atomic mass is 35.5. The molecule has 0 spiro atoms. The lowest BCUT2D eigenvalue weighted by Crippen LogP contribution is -2.43. The number of amides is 1. The molecule has 1 amide bonds. The molecule has 1 unspecified atom stereocenters. The molecule has 1 aliphatic rings. The number of rotatable bonds is 5. The number of halogens is 2. The van der Waals surface area contributed by atoms with Crippen molar-refractivity contribution in [3.63, 3.8) is 0 Å². The number of piperidine rings is 1. The molecule has 6 heteroatoms. The molecule has 1 saturated heterocycles. The third-order valence-electron chi connectivity index (χ3n) is 4.38. The second-order valence-corrected chi connectivity index (χ2v) is 6.39. The highest BCUT2D eigenvalue weighted by molar-refractivity contribution is 5.95. The second-order valence-electron chi connectivity index (χ2n) is 6.39. The molecular weight excluding hydrogens is 355 g/mol. The molecule has 2 aromatic carbocycles. The van der Waals surface area contributed by atoms with Gasteiger partial charge in [0.25, 0.3) is 0 Å². The summed E-state index contributed by atoms with van der Waals surface area (Å²) in [5.74, 6) is 0.429. The molecule has 1 heterocycles. The third-order valence-corrected chi connectivity index (χ3v) is 4.38. The highest BCUT2D eigenvalue weighted by Crippen LogP contribution is 2.23. The van der Waals surface area contributed by atoms with Crippen molar-refractivity contribution in [1.29, 1.82) is 0 Å². The van der Waals surface area contributed by atoms with E-state index in [1.54, 1.807) is 6.07 Å². The van der Waals surface area contributed by atoms with Crippen LogP contribution >= 0.6 is 12.4 Å². The number of nitrogens with one attached hydrogen (secondary N) is 2. The molecule has 0 radical (unpaired) electrons. The van der Waals surface area contributed by atoms with Crippen molar-refractivity contribution in [2.24, 2.45) is 0 Å². The first kappa shape index (κ1) is 20.2. The maximum Gasteiger partial charge on any atom is 0.241 e. The topological polar surface area (TPSA) is 50.4 Å². The fraction of sp³-hybridized carbons (Fsp3) is 0.350. The number of anilines is 1. The van der Waals surface area contributed by atoms with Crippen LogP contribution in [0.2, 0.25) is 0 Å². The van der Waals surface area contributed by atoms with Gasteiger partial charge in [0, 0.05) is 5.69 Å². The van der Waals surface area contributed by atoms with Gasteiger partial charge in [-0.25, -0.2) is 4.39 Å². The van der Waals surface area contributed by atoms with E-state index < -0.39 is 0 Å². The van der Waals surface area contributed by atoms with Gasteiger partial charge in [-0.2, -0.15) is 0 Å². The van der Waals surface area contributed by atoms with E-state index in [0.29, 0.717) is 12.4 Å². The molecule has 0 saturated carbocycles. The van der Waals surface area contributed by atoms with E-state index in [0.717, 1.165) is 42.6 Å². The summed E-state index contributed by atoms with van der Waals surface area (Å²) in [4.78, 5) is 12.3. The van der Waals surface area contributed by atoms with Gasteiger partial charge >= 0.3 is 0 Å². The zero-order valence-electron chi connectivity index (χ0n) is 14.8. The first-order chi connectivity index (χ1) is 12.1. The zero-order valence-corrected chi connectivity index (χ0v) is 15.6. The Bertz CT molecular complexity index is 748. The molecule has 140 valence electrons. The predicted molar refractivity (Wildman–Crippen MR) is 103 cm³/mol. The molecule has 4 nitrogen and oxygen atoms in total. The van der Waals surface area contributed by atoms with Gasteiger partial charge in [-0.3, -0.25) is 4.79 Å². The smallest absolute Gasteiger partial charge is 0.241 e. The van der Waals surface area contributed by atoms with E-state index in [2.05, 4.69) is 10.6 Å². The molecule has 2 N–H and O–H groups in total. The Kier molecular flexibility index (Phi) is 7.42. The van der Waals surface area contributed by atoms with Gasteiger partial charge in [0.2, 0.25) is 5.91 Å². The number of carbonyl (C=O) groups is 1. The number of aryl methyl sites for hydroxylation is 1. The average Bonchev–Trinajstić information content (AvgIpc) is 2.63. The first-order valence-electron chi connectivity index (χ1n) is 8.64. The van der Waals surface area contributed by atoms with Gasteiger partial charge < -0.3 is 15.4 Å². The van der Waals surface area contributed by atoms with Crippen LogP contribution in [-0.4, -0.2) is 18.5 Å². The van der Waals surface area contributed by atoms with Crippen molar-refractivity contribution in [2.75, 3.05) is 11.9 Å². The summed E-state index contributed by atoms with van der Waals surface area (Å²) in [6.07, 6.45) is 3.08. The fourth-order valence-corrected chi connectivity index (χ4v) is 2.96. The van der Waals surface area contributed by atoms with Gasteiger partial charge in [0.05, 0.1) is 6.04 Å². The Labute approximate surface area is 159 Å². The van der Waals surface area contributed by atoms with E-state index in [-0.39, 0.29) is 30.2 Å². The van der Waals surface area contributed by atoms with E-state index in [9.17, 15) is 9.18 Å². The van der Waals surface area contributed by atoms with Crippen LogP contribution in [0.5, 0.6) is 5.75 Å². The second kappa shape index (κ2) is 9.55. The number of benzene rings is 2. The van der Waals surface area contributed by atoms with Crippen LogP contribution in [0.1, 0.15) is 30.4 Å². The van der Waals surface area contributed by atoms with Gasteiger partial charge in [-0.15, -0.1) is 12.4 Å². The lowest BCUT2D eigenvalue weighted by Gasteiger charge is -2.23. The largest absolute Gasteiger partial charge is 0.489 e. The summed E-state index contributed by atoms with van der Waals surface area (Å²) in [6.45, 7) is 3.12. The summed E-state index contributed by atoms with van der Waals surface area (Å²) < 4.78 is 18.9. The molecular formula is C20H24ClFN2O2. The molecule has 2 aromatic rings. The molecule has 1 fully saturated rings.